The number of aromatic nitrogens is 2. The van der Waals surface area contributed by atoms with Gasteiger partial charge in [0.2, 0.25) is 0 Å². The Morgan fingerprint density at radius 3 is 2.95 bits per heavy atom. The van der Waals surface area contributed by atoms with Crippen molar-refractivity contribution >= 4 is 23.1 Å². The van der Waals surface area contributed by atoms with E-state index in [1.165, 1.54) is 0 Å². The standard InChI is InChI=1S/C12H19ClN4O2/c1-2-7(6-18)15-12-9(14)10(13)16-11(17-12)8-4-3-5-19-8/h7-8,18H,2-6,14H2,1H3,(H,15,16,17). The summed E-state index contributed by atoms with van der Waals surface area (Å²) in [4.78, 5) is 8.56. The number of ether oxygens (including phenoxy) is 1. The molecule has 2 unspecified atom stereocenters. The quantitative estimate of drug-likeness (QED) is 0.714. The van der Waals surface area contributed by atoms with E-state index in [1.54, 1.807) is 0 Å². The number of anilines is 2. The van der Waals surface area contributed by atoms with Gasteiger partial charge in [0.05, 0.1) is 12.6 Å². The van der Waals surface area contributed by atoms with Crippen molar-refractivity contribution in [3.05, 3.63) is 11.0 Å². The van der Waals surface area contributed by atoms with Crippen molar-refractivity contribution in [2.75, 3.05) is 24.3 Å². The van der Waals surface area contributed by atoms with Gasteiger partial charge in [-0.25, -0.2) is 9.97 Å². The summed E-state index contributed by atoms with van der Waals surface area (Å²) in [7, 11) is 0. The molecule has 19 heavy (non-hydrogen) atoms. The lowest BCUT2D eigenvalue weighted by Crippen LogP contribution is -2.24. The molecule has 0 amide bonds. The molecule has 0 saturated carbocycles. The number of hydrogen-bond acceptors (Lipinski definition) is 6. The summed E-state index contributed by atoms with van der Waals surface area (Å²) >= 11 is 6.03. The van der Waals surface area contributed by atoms with Crippen molar-refractivity contribution in [3.63, 3.8) is 0 Å². The topological polar surface area (TPSA) is 93.3 Å². The highest BCUT2D eigenvalue weighted by molar-refractivity contribution is 6.32. The number of nitrogen functional groups attached to an aromatic ring is 1. The fourth-order valence-corrected chi connectivity index (χ4v) is 2.14. The molecule has 7 heteroatoms. The van der Waals surface area contributed by atoms with E-state index in [0.29, 0.717) is 23.9 Å². The first-order chi connectivity index (χ1) is 9.15. The zero-order valence-electron chi connectivity index (χ0n) is 10.9. The summed E-state index contributed by atoms with van der Waals surface area (Å²) in [6, 6.07) is -0.106. The largest absolute Gasteiger partial charge is 0.394 e. The molecule has 1 aliphatic rings. The highest BCUT2D eigenvalue weighted by Crippen LogP contribution is 2.31. The van der Waals surface area contributed by atoms with Gasteiger partial charge in [0.15, 0.2) is 16.8 Å². The summed E-state index contributed by atoms with van der Waals surface area (Å²) in [6.45, 7) is 2.69. The van der Waals surface area contributed by atoms with Crippen LogP contribution >= 0.6 is 11.6 Å². The van der Waals surface area contributed by atoms with Gasteiger partial charge in [-0.05, 0) is 19.3 Å². The van der Waals surface area contributed by atoms with Gasteiger partial charge in [-0.3, -0.25) is 0 Å². The van der Waals surface area contributed by atoms with E-state index >= 15 is 0 Å². The van der Waals surface area contributed by atoms with Crippen LogP contribution in [0.15, 0.2) is 0 Å². The molecular weight excluding hydrogens is 268 g/mol. The van der Waals surface area contributed by atoms with E-state index in [1.807, 2.05) is 6.92 Å². The van der Waals surface area contributed by atoms with E-state index in [9.17, 15) is 5.11 Å². The number of aliphatic hydroxyl groups excluding tert-OH is 1. The number of nitrogens with two attached hydrogens (primary N) is 1. The zero-order chi connectivity index (χ0) is 13.8. The normalized spacial score (nSPS) is 20.5. The fourth-order valence-electron chi connectivity index (χ4n) is 1.96. The number of aliphatic hydroxyl groups is 1. The van der Waals surface area contributed by atoms with Crippen molar-refractivity contribution in [1.82, 2.24) is 9.97 Å². The molecule has 1 aromatic heterocycles. The molecule has 0 bridgehead atoms. The minimum atomic E-state index is -0.118. The second kappa shape index (κ2) is 6.36. The Bertz CT molecular complexity index is 434. The number of halogens is 1. The fraction of sp³-hybridized carbons (Fsp3) is 0.667. The highest BCUT2D eigenvalue weighted by Gasteiger charge is 2.23. The molecule has 0 aliphatic carbocycles. The summed E-state index contributed by atoms with van der Waals surface area (Å²) in [5.41, 5.74) is 6.17. The Morgan fingerprint density at radius 1 is 1.58 bits per heavy atom. The maximum absolute atomic E-state index is 9.22. The zero-order valence-corrected chi connectivity index (χ0v) is 11.7. The van der Waals surface area contributed by atoms with Crippen molar-refractivity contribution in [1.29, 1.82) is 0 Å². The lowest BCUT2D eigenvalue weighted by Gasteiger charge is -2.18. The Balaban J connectivity index is 2.25. The maximum atomic E-state index is 9.22. The second-order valence-electron chi connectivity index (χ2n) is 4.57. The molecular formula is C12H19ClN4O2. The molecule has 106 valence electrons. The van der Waals surface area contributed by atoms with E-state index in [4.69, 9.17) is 22.1 Å². The number of nitrogens with one attached hydrogen (secondary N) is 1. The lowest BCUT2D eigenvalue weighted by molar-refractivity contribution is 0.105. The Kier molecular flexibility index (Phi) is 4.79. The number of rotatable bonds is 5. The molecule has 0 radical (unpaired) electrons. The molecule has 6 nitrogen and oxygen atoms in total. The molecule has 1 aliphatic heterocycles. The number of nitrogens with zero attached hydrogens (tertiary/aromatic N) is 2. The maximum Gasteiger partial charge on any atom is 0.161 e. The molecule has 1 saturated heterocycles. The van der Waals surface area contributed by atoms with Crippen LogP contribution in [0.3, 0.4) is 0 Å². The van der Waals surface area contributed by atoms with Crippen LogP contribution in [0.1, 0.15) is 38.1 Å². The van der Waals surface area contributed by atoms with Crippen LogP contribution in [0.2, 0.25) is 5.15 Å². The van der Waals surface area contributed by atoms with E-state index in [0.717, 1.165) is 19.3 Å². The molecule has 0 aromatic carbocycles. The van der Waals surface area contributed by atoms with Crippen molar-refractivity contribution < 1.29 is 9.84 Å². The summed E-state index contributed by atoms with van der Waals surface area (Å²) in [5.74, 6) is 1.01. The van der Waals surface area contributed by atoms with Gasteiger partial charge in [0.1, 0.15) is 11.8 Å². The van der Waals surface area contributed by atoms with Crippen LogP contribution < -0.4 is 11.1 Å². The SMILES string of the molecule is CCC(CO)Nc1nc(C2CCCO2)nc(Cl)c1N. The summed E-state index contributed by atoms with van der Waals surface area (Å²) < 4.78 is 5.54. The summed E-state index contributed by atoms with van der Waals surface area (Å²) in [6.07, 6.45) is 2.52. The van der Waals surface area contributed by atoms with E-state index in [-0.39, 0.29) is 23.9 Å². The van der Waals surface area contributed by atoms with Crippen LogP contribution in [0.5, 0.6) is 0 Å². The first-order valence-corrected chi connectivity index (χ1v) is 6.85. The highest BCUT2D eigenvalue weighted by atomic mass is 35.5. The Labute approximate surface area is 117 Å². The van der Waals surface area contributed by atoms with Gasteiger partial charge >= 0.3 is 0 Å². The van der Waals surface area contributed by atoms with Gasteiger partial charge in [0, 0.05) is 6.61 Å². The third-order valence-corrected chi connectivity index (χ3v) is 3.48. The third-order valence-electron chi connectivity index (χ3n) is 3.19. The Hall–Kier alpha value is -1.11. The molecule has 1 aromatic rings. The van der Waals surface area contributed by atoms with Gasteiger partial charge in [-0.2, -0.15) is 0 Å². The van der Waals surface area contributed by atoms with Gasteiger partial charge in [-0.1, -0.05) is 18.5 Å². The summed E-state index contributed by atoms with van der Waals surface area (Å²) in [5, 5.41) is 12.5. The van der Waals surface area contributed by atoms with Gasteiger partial charge in [-0.15, -0.1) is 0 Å². The average molecular weight is 287 g/mol. The van der Waals surface area contributed by atoms with E-state index in [2.05, 4.69) is 15.3 Å². The lowest BCUT2D eigenvalue weighted by atomic mass is 10.2. The molecule has 2 atom stereocenters. The molecule has 0 spiro atoms. The third kappa shape index (κ3) is 3.26. The minimum Gasteiger partial charge on any atom is -0.394 e. The molecule has 2 heterocycles. The average Bonchev–Trinajstić information content (AvgIpc) is 2.94. The van der Waals surface area contributed by atoms with Crippen LogP contribution in [0.25, 0.3) is 0 Å². The first kappa shape index (κ1) is 14.3. The van der Waals surface area contributed by atoms with Crippen molar-refractivity contribution in [2.24, 2.45) is 0 Å². The van der Waals surface area contributed by atoms with Crippen molar-refractivity contribution in [3.8, 4) is 0 Å². The van der Waals surface area contributed by atoms with Gasteiger partial charge in [0.25, 0.3) is 0 Å². The van der Waals surface area contributed by atoms with E-state index < -0.39 is 0 Å². The smallest absolute Gasteiger partial charge is 0.161 e. The monoisotopic (exact) mass is 286 g/mol. The molecule has 2 rings (SSSR count). The first-order valence-electron chi connectivity index (χ1n) is 6.47. The second-order valence-corrected chi connectivity index (χ2v) is 4.93. The predicted octanol–water partition coefficient (Wildman–Crippen LogP) is 1.75. The Morgan fingerprint density at radius 2 is 2.37 bits per heavy atom. The molecule has 4 N–H and O–H groups in total. The minimum absolute atomic E-state index is 0.00677. The number of hydrogen-bond donors (Lipinski definition) is 3. The van der Waals surface area contributed by atoms with Crippen LogP contribution in [-0.2, 0) is 4.74 Å². The predicted molar refractivity (Wildman–Crippen MR) is 74.2 cm³/mol. The van der Waals surface area contributed by atoms with Crippen LogP contribution in [0.4, 0.5) is 11.5 Å². The van der Waals surface area contributed by atoms with Crippen LogP contribution in [-0.4, -0.2) is 34.3 Å². The van der Waals surface area contributed by atoms with Gasteiger partial charge < -0.3 is 20.9 Å². The van der Waals surface area contributed by atoms with Crippen LogP contribution in [0, 0.1) is 0 Å². The molecule has 1 fully saturated rings. The van der Waals surface area contributed by atoms with Crippen molar-refractivity contribution in [2.45, 2.75) is 38.3 Å².